The quantitative estimate of drug-likeness (QED) is 0.743. The normalized spacial score (nSPS) is 9.31. The van der Waals surface area contributed by atoms with Gasteiger partial charge in [-0.25, -0.2) is 0 Å². The molecule has 0 aliphatic carbocycles. The average molecular weight is 218 g/mol. The molecule has 0 saturated carbocycles. The van der Waals surface area contributed by atoms with E-state index >= 15 is 0 Å². The van der Waals surface area contributed by atoms with Crippen LogP contribution in [0.4, 0.5) is 5.69 Å². The van der Waals surface area contributed by atoms with E-state index in [4.69, 9.17) is 0 Å². The number of rotatable bonds is 4. The zero-order valence-electron chi connectivity index (χ0n) is 9.12. The van der Waals surface area contributed by atoms with E-state index in [9.17, 15) is 9.59 Å². The van der Waals surface area contributed by atoms with E-state index in [2.05, 4.69) is 17.2 Å². The third-order valence-electron chi connectivity index (χ3n) is 2.02. The number of hydrogen-bond donors (Lipinski definition) is 2. The van der Waals surface area contributed by atoms with Gasteiger partial charge in [-0.15, -0.1) is 0 Å². The Hall–Kier alpha value is -2.10. The predicted octanol–water partition coefficient (Wildman–Crippen LogP) is 1.10. The lowest BCUT2D eigenvalue weighted by Crippen LogP contribution is -2.20. The maximum atomic E-state index is 11.2. The molecule has 0 unspecified atom stereocenters. The summed E-state index contributed by atoms with van der Waals surface area (Å²) in [6, 6.07) is 7.14. The number of amides is 2. The first kappa shape index (κ1) is 12.0. The number of carbonyl (C=O) groups is 2. The standard InChI is InChI=1S/C12H14N2O2/c1-3-11(15)14-10-6-4-5-9(7-10)8-12(16)13-2/h3-7H,1,8H2,2H3,(H,13,16)(H,14,15). The minimum absolute atomic E-state index is 0.0628. The largest absolute Gasteiger partial charge is 0.359 e. The minimum atomic E-state index is -0.267. The van der Waals surface area contributed by atoms with Gasteiger partial charge < -0.3 is 10.6 Å². The van der Waals surface area contributed by atoms with Crippen LogP contribution in [0.1, 0.15) is 5.56 Å². The van der Waals surface area contributed by atoms with Gasteiger partial charge in [0.25, 0.3) is 0 Å². The van der Waals surface area contributed by atoms with Crippen LogP contribution in [-0.4, -0.2) is 18.9 Å². The number of carbonyl (C=O) groups excluding carboxylic acids is 2. The number of anilines is 1. The Morgan fingerprint density at radius 3 is 2.81 bits per heavy atom. The lowest BCUT2D eigenvalue weighted by molar-refractivity contribution is -0.120. The maximum Gasteiger partial charge on any atom is 0.247 e. The summed E-state index contributed by atoms with van der Waals surface area (Å²) in [6.07, 6.45) is 1.50. The lowest BCUT2D eigenvalue weighted by Gasteiger charge is -2.05. The smallest absolute Gasteiger partial charge is 0.247 e. The van der Waals surface area contributed by atoms with Gasteiger partial charge in [-0.1, -0.05) is 18.7 Å². The van der Waals surface area contributed by atoms with Gasteiger partial charge in [-0.3, -0.25) is 9.59 Å². The van der Waals surface area contributed by atoms with E-state index in [0.717, 1.165) is 5.56 Å². The van der Waals surface area contributed by atoms with Crippen molar-refractivity contribution in [1.29, 1.82) is 0 Å². The molecule has 0 heterocycles. The van der Waals surface area contributed by atoms with Gasteiger partial charge in [0.2, 0.25) is 11.8 Å². The second-order valence-electron chi connectivity index (χ2n) is 3.24. The first-order valence-electron chi connectivity index (χ1n) is 4.88. The molecule has 0 radical (unpaired) electrons. The highest BCUT2D eigenvalue weighted by atomic mass is 16.2. The molecule has 1 aromatic rings. The molecule has 1 rings (SSSR count). The van der Waals surface area contributed by atoms with E-state index in [1.807, 2.05) is 6.07 Å². The SMILES string of the molecule is C=CC(=O)Nc1cccc(CC(=O)NC)c1. The van der Waals surface area contributed by atoms with Crippen molar-refractivity contribution in [1.82, 2.24) is 5.32 Å². The molecule has 0 aliphatic rings. The summed E-state index contributed by atoms with van der Waals surface area (Å²) in [6.45, 7) is 3.36. The number of benzene rings is 1. The van der Waals surface area contributed by atoms with Gasteiger partial charge in [0.1, 0.15) is 0 Å². The van der Waals surface area contributed by atoms with Crippen LogP contribution in [0, 0.1) is 0 Å². The summed E-state index contributed by atoms with van der Waals surface area (Å²) in [5.74, 6) is -0.329. The van der Waals surface area contributed by atoms with Crippen LogP contribution in [-0.2, 0) is 16.0 Å². The molecule has 0 aromatic heterocycles. The first-order valence-corrected chi connectivity index (χ1v) is 4.88. The fourth-order valence-electron chi connectivity index (χ4n) is 1.23. The van der Waals surface area contributed by atoms with E-state index in [1.54, 1.807) is 25.2 Å². The molecule has 0 saturated heterocycles. The zero-order chi connectivity index (χ0) is 12.0. The highest BCUT2D eigenvalue weighted by Crippen LogP contribution is 2.11. The molecule has 4 nitrogen and oxygen atoms in total. The molecule has 2 N–H and O–H groups in total. The van der Waals surface area contributed by atoms with Crippen molar-refractivity contribution in [3.05, 3.63) is 42.5 Å². The number of hydrogen-bond acceptors (Lipinski definition) is 2. The van der Waals surface area contributed by atoms with Crippen LogP contribution >= 0.6 is 0 Å². The third-order valence-corrected chi connectivity index (χ3v) is 2.02. The van der Waals surface area contributed by atoms with Gasteiger partial charge in [-0.05, 0) is 23.8 Å². The maximum absolute atomic E-state index is 11.2. The van der Waals surface area contributed by atoms with Crippen LogP contribution < -0.4 is 10.6 Å². The summed E-state index contributed by atoms with van der Waals surface area (Å²) in [4.78, 5) is 22.2. The molecule has 2 amide bonds. The summed E-state index contributed by atoms with van der Waals surface area (Å²) in [5, 5.41) is 5.18. The summed E-state index contributed by atoms with van der Waals surface area (Å²) in [7, 11) is 1.59. The molecule has 16 heavy (non-hydrogen) atoms. The summed E-state index contributed by atoms with van der Waals surface area (Å²) < 4.78 is 0. The number of nitrogens with one attached hydrogen (secondary N) is 2. The van der Waals surface area contributed by atoms with E-state index < -0.39 is 0 Å². The topological polar surface area (TPSA) is 58.2 Å². The Morgan fingerprint density at radius 1 is 1.44 bits per heavy atom. The fourth-order valence-corrected chi connectivity index (χ4v) is 1.23. The monoisotopic (exact) mass is 218 g/mol. The van der Waals surface area contributed by atoms with Crippen LogP contribution in [0.3, 0.4) is 0 Å². The Morgan fingerprint density at radius 2 is 2.19 bits per heavy atom. The van der Waals surface area contributed by atoms with Crippen LogP contribution in [0.2, 0.25) is 0 Å². The molecule has 0 spiro atoms. The molecular formula is C12H14N2O2. The van der Waals surface area contributed by atoms with Gasteiger partial charge >= 0.3 is 0 Å². The summed E-state index contributed by atoms with van der Waals surface area (Å²) in [5.41, 5.74) is 1.51. The molecule has 0 fully saturated rings. The molecule has 4 heteroatoms. The molecule has 0 atom stereocenters. The second kappa shape index (κ2) is 5.70. The second-order valence-corrected chi connectivity index (χ2v) is 3.24. The Kier molecular flexibility index (Phi) is 4.27. The molecule has 0 bridgehead atoms. The Labute approximate surface area is 94.4 Å². The minimum Gasteiger partial charge on any atom is -0.359 e. The predicted molar refractivity (Wildman–Crippen MR) is 63.0 cm³/mol. The Balaban J connectivity index is 2.74. The van der Waals surface area contributed by atoms with Crippen LogP contribution in [0.15, 0.2) is 36.9 Å². The number of likely N-dealkylation sites (N-methyl/N-ethyl adjacent to an activating group) is 1. The van der Waals surface area contributed by atoms with Crippen LogP contribution in [0.5, 0.6) is 0 Å². The van der Waals surface area contributed by atoms with Gasteiger partial charge in [0.15, 0.2) is 0 Å². The van der Waals surface area contributed by atoms with Crippen molar-refractivity contribution in [3.8, 4) is 0 Å². The molecule has 0 aliphatic heterocycles. The van der Waals surface area contributed by atoms with Crippen molar-refractivity contribution >= 4 is 17.5 Å². The highest BCUT2D eigenvalue weighted by molar-refractivity contribution is 5.98. The van der Waals surface area contributed by atoms with Crippen molar-refractivity contribution in [2.75, 3.05) is 12.4 Å². The fraction of sp³-hybridized carbons (Fsp3) is 0.167. The molecule has 1 aromatic carbocycles. The van der Waals surface area contributed by atoms with Gasteiger partial charge in [0, 0.05) is 12.7 Å². The van der Waals surface area contributed by atoms with E-state index in [-0.39, 0.29) is 11.8 Å². The molecular weight excluding hydrogens is 204 g/mol. The Bertz CT molecular complexity index is 413. The van der Waals surface area contributed by atoms with Crippen molar-refractivity contribution in [2.45, 2.75) is 6.42 Å². The van der Waals surface area contributed by atoms with Crippen LogP contribution in [0.25, 0.3) is 0 Å². The van der Waals surface area contributed by atoms with Crippen molar-refractivity contribution in [2.24, 2.45) is 0 Å². The zero-order valence-corrected chi connectivity index (χ0v) is 9.12. The molecule has 84 valence electrons. The van der Waals surface area contributed by atoms with E-state index in [1.165, 1.54) is 6.08 Å². The van der Waals surface area contributed by atoms with Crippen molar-refractivity contribution in [3.63, 3.8) is 0 Å². The first-order chi connectivity index (χ1) is 7.65. The summed E-state index contributed by atoms with van der Waals surface area (Å²) >= 11 is 0. The van der Waals surface area contributed by atoms with E-state index in [0.29, 0.717) is 12.1 Å². The van der Waals surface area contributed by atoms with Crippen molar-refractivity contribution < 1.29 is 9.59 Å². The average Bonchev–Trinajstić information content (AvgIpc) is 2.29. The lowest BCUT2D eigenvalue weighted by atomic mass is 10.1. The third kappa shape index (κ3) is 3.57. The van der Waals surface area contributed by atoms with Gasteiger partial charge in [-0.2, -0.15) is 0 Å². The highest BCUT2D eigenvalue weighted by Gasteiger charge is 2.02. The van der Waals surface area contributed by atoms with Gasteiger partial charge in [0.05, 0.1) is 6.42 Å².